The van der Waals surface area contributed by atoms with Crippen molar-refractivity contribution >= 4 is 6.21 Å². The Labute approximate surface area is 91.4 Å². The summed E-state index contributed by atoms with van der Waals surface area (Å²) in [5.41, 5.74) is 1.05. The number of hydrazone groups is 1. The van der Waals surface area contributed by atoms with Gasteiger partial charge in [0, 0.05) is 14.1 Å². The Hall–Kier alpha value is -1.51. The first-order chi connectivity index (χ1) is 7.22. The zero-order chi connectivity index (χ0) is 11.1. The Kier molecular flexibility index (Phi) is 4.68. The Morgan fingerprint density at radius 1 is 1.40 bits per heavy atom. The summed E-state index contributed by atoms with van der Waals surface area (Å²) >= 11 is 0. The smallest absolute Gasteiger partial charge is 0.119 e. The van der Waals surface area contributed by atoms with Crippen LogP contribution < -0.4 is 4.74 Å². The fourth-order valence-electron chi connectivity index (χ4n) is 1.09. The Bertz CT molecular complexity index is 321. The molecule has 0 saturated heterocycles. The van der Waals surface area contributed by atoms with Crippen LogP contribution in [0.1, 0.15) is 18.9 Å². The molecule has 1 aromatic carbocycles. The van der Waals surface area contributed by atoms with Gasteiger partial charge in [0.15, 0.2) is 0 Å². The van der Waals surface area contributed by atoms with Crippen LogP contribution in [0.2, 0.25) is 0 Å². The van der Waals surface area contributed by atoms with Gasteiger partial charge in [0.25, 0.3) is 0 Å². The maximum atomic E-state index is 5.53. The fourth-order valence-corrected chi connectivity index (χ4v) is 1.09. The van der Waals surface area contributed by atoms with Gasteiger partial charge >= 0.3 is 0 Å². The minimum absolute atomic E-state index is 0.758. The van der Waals surface area contributed by atoms with E-state index in [0.29, 0.717) is 0 Å². The lowest BCUT2D eigenvalue weighted by atomic mass is 10.2. The van der Waals surface area contributed by atoms with Crippen molar-refractivity contribution in [1.82, 2.24) is 5.01 Å². The van der Waals surface area contributed by atoms with Crippen LogP contribution in [0.4, 0.5) is 0 Å². The van der Waals surface area contributed by atoms with E-state index in [9.17, 15) is 0 Å². The van der Waals surface area contributed by atoms with Crippen LogP contribution in [0.15, 0.2) is 29.4 Å². The monoisotopic (exact) mass is 206 g/mol. The molecule has 1 aromatic rings. The molecule has 0 heterocycles. The molecule has 0 aliphatic heterocycles. The molecular weight excluding hydrogens is 188 g/mol. The molecule has 0 aliphatic carbocycles. The van der Waals surface area contributed by atoms with Crippen LogP contribution in [-0.2, 0) is 0 Å². The third kappa shape index (κ3) is 4.49. The second kappa shape index (κ2) is 6.06. The largest absolute Gasteiger partial charge is 0.494 e. The topological polar surface area (TPSA) is 24.8 Å². The van der Waals surface area contributed by atoms with Crippen LogP contribution >= 0.6 is 0 Å². The van der Waals surface area contributed by atoms with Crippen LogP contribution in [0.5, 0.6) is 5.75 Å². The second-order valence-corrected chi connectivity index (χ2v) is 3.51. The van der Waals surface area contributed by atoms with E-state index in [1.807, 2.05) is 44.6 Å². The molecule has 0 spiro atoms. The Morgan fingerprint density at radius 3 is 2.87 bits per heavy atom. The van der Waals surface area contributed by atoms with E-state index in [1.165, 1.54) is 0 Å². The highest BCUT2D eigenvalue weighted by Crippen LogP contribution is 2.12. The highest BCUT2D eigenvalue weighted by molar-refractivity contribution is 5.79. The maximum Gasteiger partial charge on any atom is 0.119 e. The van der Waals surface area contributed by atoms with Gasteiger partial charge in [0.2, 0.25) is 0 Å². The summed E-state index contributed by atoms with van der Waals surface area (Å²) in [6.07, 6.45) is 2.84. The van der Waals surface area contributed by atoms with Gasteiger partial charge in [-0.25, -0.2) is 0 Å². The number of hydrogen-bond acceptors (Lipinski definition) is 3. The first-order valence-corrected chi connectivity index (χ1v) is 5.16. The van der Waals surface area contributed by atoms with E-state index in [-0.39, 0.29) is 0 Å². The van der Waals surface area contributed by atoms with Crippen molar-refractivity contribution in [3.8, 4) is 5.75 Å². The van der Waals surface area contributed by atoms with Crippen molar-refractivity contribution in [3.63, 3.8) is 0 Å². The summed E-state index contributed by atoms with van der Waals surface area (Å²) in [7, 11) is 3.79. The van der Waals surface area contributed by atoms with Gasteiger partial charge in [0.1, 0.15) is 5.75 Å². The summed E-state index contributed by atoms with van der Waals surface area (Å²) in [4.78, 5) is 0. The SMILES string of the molecule is CCCOc1cccc(/C=N/N(C)C)c1. The molecule has 0 N–H and O–H groups in total. The van der Waals surface area contributed by atoms with Crippen molar-refractivity contribution in [1.29, 1.82) is 0 Å². The molecule has 3 heteroatoms. The van der Waals surface area contributed by atoms with Gasteiger partial charge in [-0.15, -0.1) is 0 Å². The highest BCUT2D eigenvalue weighted by Gasteiger charge is 1.94. The average Bonchev–Trinajstić information content (AvgIpc) is 2.24. The van der Waals surface area contributed by atoms with Crippen molar-refractivity contribution in [2.75, 3.05) is 20.7 Å². The average molecular weight is 206 g/mol. The van der Waals surface area contributed by atoms with Crippen molar-refractivity contribution in [3.05, 3.63) is 29.8 Å². The third-order valence-electron chi connectivity index (χ3n) is 1.77. The predicted octanol–water partition coefficient (Wildman–Crippen LogP) is 2.37. The van der Waals surface area contributed by atoms with E-state index in [4.69, 9.17) is 4.74 Å². The van der Waals surface area contributed by atoms with Gasteiger partial charge in [-0.3, -0.25) is 0 Å². The van der Waals surface area contributed by atoms with Gasteiger partial charge < -0.3 is 9.75 Å². The van der Waals surface area contributed by atoms with E-state index >= 15 is 0 Å². The zero-order valence-electron chi connectivity index (χ0n) is 9.60. The minimum atomic E-state index is 0.758. The summed E-state index contributed by atoms with van der Waals surface area (Å²) in [5, 5.41) is 5.93. The predicted molar refractivity (Wildman–Crippen MR) is 63.5 cm³/mol. The molecule has 3 nitrogen and oxygen atoms in total. The number of benzene rings is 1. The highest BCUT2D eigenvalue weighted by atomic mass is 16.5. The lowest BCUT2D eigenvalue weighted by Crippen LogP contribution is -2.02. The molecule has 0 aliphatic rings. The molecule has 1 rings (SSSR count). The van der Waals surface area contributed by atoms with E-state index < -0.39 is 0 Å². The van der Waals surface area contributed by atoms with Gasteiger partial charge in [-0.2, -0.15) is 5.10 Å². The lowest BCUT2D eigenvalue weighted by molar-refractivity contribution is 0.317. The van der Waals surface area contributed by atoms with Crippen molar-refractivity contribution < 1.29 is 4.74 Å². The van der Waals surface area contributed by atoms with E-state index in [0.717, 1.165) is 24.3 Å². The molecule has 0 saturated carbocycles. The third-order valence-corrected chi connectivity index (χ3v) is 1.77. The number of nitrogens with zero attached hydrogens (tertiary/aromatic N) is 2. The lowest BCUT2D eigenvalue weighted by Gasteiger charge is -2.05. The molecule has 0 unspecified atom stereocenters. The fraction of sp³-hybridized carbons (Fsp3) is 0.417. The van der Waals surface area contributed by atoms with Gasteiger partial charge in [-0.1, -0.05) is 19.1 Å². The number of ether oxygens (including phenoxy) is 1. The van der Waals surface area contributed by atoms with E-state index in [1.54, 1.807) is 5.01 Å². The maximum absolute atomic E-state index is 5.53. The van der Waals surface area contributed by atoms with E-state index in [2.05, 4.69) is 12.0 Å². The van der Waals surface area contributed by atoms with Crippen LogP contribution in [0.3, 0.4) is 0 Å². The summed E-state index contributed by atoms with van der Waals surface area (Å²) in [5.74, 6) is 0.902. The quantitative estimate of drug-likeness (QED) is 0.546. The minimum Gasteiger partial charge on any atom is -0.494 e. The molecule has 15 heavy (non-hydrogen) atoms. The Balaban J connectivity index is 2.65. The van der Waals surface area contributed by atoms with Crippen LogP contribution in [0.25, 0.3) is 0 Å². The summed E-state index contributed by atoms with van der Waals surface area (Å²) in [6, 6.07) is 7.93. The second-order valence-electron chi connectivity index (χ2n) is 3.51. The summed E-state index contributed by atoms with van der Waals surface area (Å²) < 4.78 is 5.53. The van der Waals surface area contributed by atoms with Crippen molar-refractivity contribution in [2.45, 2.75) is 13.3 Å². The molecule has 0 atom stereocenters. The molecule has 0 aromatic heterocycles. The summed E-state index contributed by atoms with van der Waals surface area (Å²) in [6.45, 7) is 2.85. The van der Waals surface area contributed by atoms with Gasteiger partial charge in [0.05, 0.1) is 12.8 Å². The standard InChI is InChI=1S/C12H18N2O/c1-4-8-15-12-7-5-6-11(9-12)10-13-14(2)3/h5-7,9-10H,4,8H2,1-3H3/b13-10+. The molecule has 82 valence electrons. The molecule has 0 radical (unpaired) electrons. The normalized spacial score (nSPS) is 10.6. The first kappa shape index (κ1) is 11.6. The molecule has 0 bridgehead atoms. The number of hydrogen-bond donors (Lipinski definition) is 0. The van der Waals surface area contributed by atoms with Crippen LogP contribution in [0, 0.1) is 0 Å². The number of rotatable bonds is 5. The van der Waals surface area contributed by atoms with Crippen molar-refractivity contribution in [2.24, 2.45) is 5.10 Å². The molecular formula is C12H18N2O. The first-order valence-electron chi connectivity index (χ1n) is 5.16. The molecule has 0 amide bonds. The zero-order valence-corrected chi connectivity index (χ0v) is 9.60. The van der Waals surface area contributed by atoms with Gasteiger partial charge in [-0.05, 0) is 24.1 Å². The Morgan fingerprint density at radius 2 is 2.20 bits per heavy atom. The molecule has 0 fully saturated rings. The van der Waals surface area contributed by atoms with Crippen LogP contribution in [-0.4, -0.2) is 31.9 Å².